The molecule has 6 amide bonds. The molecule has 1 fully saturated rings. The van der Waals surface area contributed by atoms with Crippen molar-refractivity contribution in [2.45, 2.75) is 102 Å². The zero-order valence-corrected chi connectivity index (χ0v) is 33.7. The van der Waals surface area contributed by atoms with Crippen LogP contribution in [0.3, 0.4) is 0 Å². The van der Waals surface area contributed by atoms with Gasteiger partial charge in [0.2, 0.25) is 35.3 Å². The predicted molar refractivity (Wildman–Crippen MR) is 218 cm³/mol. The smallest absolute Gasteiger partial charge is 0.330 e. The lowest BCUT2D eigenvalue weighted by Crippen LogP contribution is -2.60. The molecule has 7 N–H and O–H groups in total. The molecule has 1 aliphatic carbocycles. The van der Waals surface area contributed by atoms with E-state index in [9.17, 15) is 43.5 Å². The van der Waals surface area contributed by atoms with Gasteiger partial charge in [-0.1, -0.05) is 87.2 Å². The summed E-state index contributed by atoms with van der Waals surface area (Å²) in [4.78, 5) is 106. The molecule has 1 saturated carbocycles. The highest BCUT2D eigenvalue weighted by Crippen LogP contribution is 2.28. The van der Waals surface area contributed by atoms with E-state index in [1.165, 1.54) is 19.1 Å². The van der Waals surface area contributed by atoms with Gasteiger partial charge in [-0.2, -0.15) is 0 Å². The summed E-state index contributed by atoms with van der Waals surface area (Å²) in [6.07, 6.45) is 4.38. The van der Waals surface area contributed by atoms with Crippen LogP contribution in [0.2, 0.25) is 0 Å². The second kappa shape index (κ2) is 21.4. The fourth-order valence-corrected chi connectivity index (χ4v) is 7.46. The van der Waals surface area contributed by atoms with Crippen LogP contribution in [0, 0.1) is 5.92 Å². The van der Waals surface area contributed by atoms with Crippen molar-refractivity contribution < 1.29 is 48.2 Å². The van der Waals surface area contributed by atoms with Gasteiger partial charge in [-0.15, -0.1) is 0 Å². The normalized spacial score (nSPS) is 19.5. The summed E-state index contributed by atoms with van der Waals surface area (Å²) in [6, 6.07) is 15.8. The Balaban J connectivity index is 1.38. The molecule has 4 bridgehead atoms. The molecule has 318 valence electrons. The van der Waals surface area contributed by atoms with E-state index in [-0.39, 0.29) is 25.2 Å². The van der Waals surface area contributed by atoms with Gasteiger partial charge in [-0.05, 0) is 66.1 Å². The van der Waals surface area contributed by atoms with Crippen LogP contribution < -0.4 is 36.6 Å². The number of hydrogen-bond donors (Lipinski definition) is 7. The number of carbonyl (C=O) groups excluding carboxylic acids is 7. The molecule has 2 heterocycles. The average molecular weight is 825 g/mol. The van der Waals surface area contributed by atoms with Crippen molar-refractivity contribution in [2.24, 2.45) is 5.92 Å². The standard InChI is InChI=1S/C44H52N6O10/c1-3-11-33(39(53)43(57)45-25-36(52)49-38(44(58)59)30-15-8-5-9-16-30)47-40(54)35-24-28-12-10-17-32(22-28)60-31-20-18-27(19-21-31)23-34(46-26(2)51)41(55)50-37(42(56)48-35)29-13-6-4-7-14-29/h5,8-10,12,15-22,29,33-35,37-38H,3-4,6-7,11,13-14,23-25H2,1-2H3,(H,45,57)(H,46,51)(H,47,54)(H,48,56)(H,49,52)(H,50,55)(H,58,59)/t33?,34?,35-,37-,38-/m0/s1. The minimum absolute atomic E-state index is 0.0349. The van der Waals surface area contributed by atoms with Gasteiger partial charge in [0, 0.05) is 19.8 Å². The van der Waals surface area contributed by atoms with Gasteiger partial charge >= 0.3 is 5.97 Å². The molecule has 0 aromatic heterocycles. The van der Waals surface area contributed by atoms with Crippen molar-refractivity contribution in [3.63, 3.8) is 0 Å². The maximum Gasteiger partial charge on any atom is 0.330 e. The molecular formula is C44H52N6O10. The molecule has 16 nitrogen and oxygen atoms in total. The highest BCUT2D eigenvalue weighted by atomic mass is 16.5. The molecule has 3 aliphatic rings. The van der Waals surface area contributed by atoms with Crippen molar-refractivity contribution >= 4 is 47.2 Å². The number of carboxylic acids is 1. The molecular weight excluding hydrogens is 773 g/mol. The van der Waals surface area contributed by atoms with Gasteiger partial charge in [-0.3, -0.25) is 33.6 Å². The molecule has 16 heteroatoms. The molecule has 3 aromatic carbocycles. The first-order valence-corrected chi connectivity index (χ1v) is 20.2. The van der Waals surface area contributed by atoms with Gasteiger partial charge in [0.15, 0.2) is 6.04 Å². The molecule has 6 rings (SSSR count). The Morgan fingerprint density at radius 3 is 2.18 bits per heavy atom. The second-order valence-electron chi connectivity index (χ2n) is 15.1. The first-order valence-electron chi connectivity index (χ1n) is 20.2. The quantitative estimate of drug-likeness (QED) is 0.124. The fraction of sp³-hybridized carbons (Fsp3) is 0.409. The number of rotatable bonds is 13. The summed E-state index contributed by atoms with van der Waals surface area (Å²) in [7, 11) is 0. The summed E-state index contributed by atoms with van der Waals surface area (Å²) in [5, 5.41) is 25.2. The number of fused-ring (bicyclic) bond motifs is 10. The van der Waals surface area contributed by atoms with E-state index in [4.69, 9.17) is 4.74 Å². The Labute approximate surface area is 348 Å². The van der Waals surface area contributed by atoms with Gasteiger partial charge < -0.3 is 41.7 Å². The van der Waals surface area contributed by atoms with Crippen LogP contribution in [0.4, 0.5) is 0 Å². The number of Topliss-reactive ketones (excluding diaryl/α,β-unsaturated/α-hetero) is 1. The van der Waals surface area contributed by atoms with Crippen molar-refractivity contribution in [3.05, 3.63) is 95.6 Å². The van der Waals surface area contributed by atoms with Crippen molar-refractivity contribution in [1.29, 1.82) is 0 Å². The Morgan fingerprint density at radius 2 is 1.52 bits per heavy atom. The van der Waals surface area contributed by atoms with Crippen LogP contribution >= 0.6 is 0 Å². The number of amides is 6. The van der Waals surface area contributed by atoms with E-state index in [2.05, 4.69) is 31.9 Å². The number of hydrogen-bond acceptors (Lipinski definition) is 9. The molecule has 2 unspecified atom stereocenters. The molecule has 3 aromatic rings. The minimum Gasteiger partial charge on any atom is -0.479 e. The lowest BCUT2D eigenvalue weighted by molar-refractivity contribution is -0.142. The SMILES string of the molecule is CCCC(NC(=O)[C@@H]1Cc2cccc(c2)Oc2ccc(cc2)CC(NC(C)=O)C(=O)N[C@@H](C2CCCCC2)C(=O)N1)C(=O)C(=O)NCC(=O)N[C@H](C(=O)O)c1ccccc1. The third kappa shape index (κ3) is 12.7. The van der Waals surface area contributed by atoms with Crippen molar-refractivity contribution in [3.8, 4) is 11.5 Å². The van der Waals surface area contributed by atoms with E-state index in [1.807, 2.05) is 0 Å². The summed E-state index contributed by atoms with van der Waals surface area (Å²) in [6.45, 7) is 2.33. The van der Waals surface area contributed by atoms with E-state index >= 15 is 0 Å². The molecule has 0 radical (unpaired) electrons. The summed E-state index contributed by atoms with van der Waals surface area (Å²) in [5.41, 5.74) is 1.64. The fourth-order valence-electron chi connectivity index (χ4n) is 7.46. The largest absolute Gasteiger partial charge is 0.479 e. The number of ketones is 1. The van der Waals surface area contributed by atoms with Crippen LogP contribution in [0.25, 0.3) is 0 Å². The maximum absolute atomic E-state index is 14.4. The first-order chi connectivity index (χ1) is 28.8. The molecule has 0 saturated heterocycles. The number of carbonyl (C=O) groups is 8. The third-order valence-corrected chi connectivity index (χ3v) is 10.5. The lowest BCUT2D eigenvalue weighted by atomic mass is 9.83. The number of ether oxygens (including phenoxy) is 1. The Bertz CT molecular complexity index is 2040. The second-order valence-corrected chi connectivity index (χ2v) is 15.1. The van der Waals surface area contributed by atoms with Gasteiger partial charge in [0.1, 0.15) is 29.6 Å². The summed E-state index contributed by atoms with van der Waals surface area (Å²) >= 11 is 0. The Kier molecular flexibility index (Phi) is 15.9. The third-order valence-electron chi connectivity index (χ3n) is 10.5. The summed E-state index contributed by atoms with van der Waals surface area (Å²) < 4.78 is 6.09. The average Bonchev–Trinajstić information content (AvgIpc) is 3.23. The van der Waals surface area contributed by atoms with Gasteiger partial charge in [-0.25, -0.2) is 4.79 Å². The Hall–Kier alpha value is -6.58. The number of benzene rings is 3. The maximum atomic E-state index is 14.4. The molecule has 60 heavy (non-hydrogen) atoms. The van der Waals surface area contributed by atoms with E-state index in [0.717, 1.165) is 24.8 Å². The van der Waals surface area contributed by atoms with Crippen LogP contribution in [-0.4, -0.2) is 83.0 Å². The zero-order valence-electron chi connectivity index (χ0n) is 33.7. The van der Waals surface area contributed by atoms with Gasteiger partial charge in [0.25, 0.3) is 5.91 Å². The number of carboxylic acid groups (broad SMARTS) is 1. The zero-order chi connectivity index (χ0) is 43.2. The van der Waals surface area contributed by atoms with Crippen LogP contribution in [-0.2, 0) is 51.2 Å². The highest BCUT2D eigenvalue weighted by molar-refractivity contribution is 6.38. The summed E-state index contributed by atoms with van der Waals surface area (Å²) in [5.74, 6) is -6.16. The monoisotopic (exact) mass is 824 g/mol. The van der Waals surface area contributed by atoms with Crippen LogP contribution in [0.5, 0.6) is 11.5 Å². The molecule has 2 aliphatic heterocycles. The van der Waals surface area contributed by atoms with Gasteiger partial charge in [0.05, 0.1) is 12.6 Å². The molecule has 0 spiro atoms. The first kappa shape index (κ1) is 44.5. The topological polar surface area (TPSA) is 238 Å². The molecule has 5 atom stereocenters. The predicted octanol–water partition coefficient (Wildman–Crippen LogP) is 2.54. The van der Waals surface area contributed by atoms with Crippen LogP contribution in [0.1, 0.15) is 81.5 Å². The van der Waals surface area contributed by atoms with E-state index in [0.29, 0.717) is 41.9 Å². The number of nitrogens with one attached hydrogen (secondary N) is 6. The minimum atomic E-state index is -1.40. The van der Waals surface area contributed by atoms with Crippen molar-refractivity contribution in [2.75, 3.05) is 6.54 Å². The Morgan fingerprint density at radius 1 is 0.800 bits per heavy atom. The van der Waals surface area contributed by atoms with E-state index in [1.54, 1.807) is 73.7 Å². The lowest BCUT2D eigenvalue weighted by Gasteiger charge is -2.32. The van der Waals surface area contributed by atoms with Crippen molar-refractivity contribution in [1.82, 2.24) is 31.9 Å². The number of aliphatic carboxylic acids is 1. The van der Waals surface area contributed by atoms with Crippen LogP contribution in [0.15, 0.2) is 78.9 Å². The van der Waals surface area contributed by atoms with E-state index < -0.39 is 83.9 Å². The highest BCUT2D eigenvalue weighted by Gasteiger charge is 2.37.